The third-order valence-corrected chi connectivity index (χ3v) is 35.4. The maximum Gasteiger partial charge on any atom is 0.410 e. The average molecular weight is 1670 g/mol. The van der Waals surface area contributed by atoms with Crippen LogP contribution in [-0.4, -0.2) is 124 Å². The monoisotopic (exact) mass is 1670 g/mol. The smallest absolute Gasteiger partial charge is 0.410 e. The van der Waals surface area contributed by atoms with Gasteiger partial charge in [0, 0.05) is 31.6 Å². The molecule has 668 valence electrons. The number of amides is 3. The number of carbonyl (C=O) groups excluding carboxylic acids is 3. The Labute approximate surface area is 729 Å². The number of primary amides is 1. The van der Waals surface area contributed by atoms with Gasteiger partial charge in [0.25, 0.3) is 5.91 Å². The predicted octanol–water partition coefficient (Wildman–Crippen LogP) is 19.3. The summed E-state index contributed by atoms with van der Waals surface area (Å²) in [5.74, 6) is 14.5. The lowest BCUT2D eigenvalue weighted by Gasteiger charge is -2.57. The highest BCUT2D eigenvalue weighted by molar-refractivity contribution is 5.82. The Balaban J connectivity index is 0.000000106. The van der Waals surface area contributed by atoms with Crippen LogP contribution in [0.4, 0.5) is 4.79 Å². The number of aliphatic carboxylic acids is 2. The first kappa shape index (κ1) is 89.2. The number of aliphatic hydroxyl groups excluding tert-OH is 3. The zero-order chi connectivity index (χ0) is 85.1. The highest BCUT2D eigenvalue weighted by Crippen LogP contribution is 2.66. The normalized spacial score (nSPS) is 39.6. The van der Waals surface area contributed by atoms with E-state index in [9.17, 15) is 39.3 Å². The molecule has 24 saturated carbocycles. The Morgan fingerprint density at radius 3 is 1.04 bits per heavy atom. The van der Waals surface area contributed by atoms with Gasteiger partial charge in [-0.3, -0.25) is 14.4 Å². The van der Waals surface area contributed by atoms with E-state index in [0.29, 0.717) is 39.3 Å². The van der Waals surface area contributed by atoms with Crippen molar-refractivity contribution in [3.8, 4) is 0 Å². The van der Waals surface area contributed by atoms with Gasteiger partial charge in [-0.15, -0.1) is 0 Å². The molecule has 4 atom stereocenters. The van der Waals surface area contributed by atoms with Crippen LogP contribution in [0.1, 0.15) is 299 Å². The van der Waals surface area contributed by atoms with E-state index in [2.05, 4.69) is 48.4 Å². The number of benzene rings is 4. The van der Waals surface area contributed by atoms with E-state index in [0.717, 1.165) is 189 Å². The van der Waals surface area contributed by atoms with Gasteiger partial charge in [-0.25, -0.2) is 9.59 Å². The SMILES string of the molecule is CCN(CC)CC.NC(=O)C12CC3CC(CC(C3)C1)C2.NCC12CC3CC(CC(C3)C1)C2.O=C(NCC12CC3CC(CC(C3)C1)C2)[C@@H](O)c1ccccc1.O=C(O)C12CC3CC(CC(C3)C1)C2.O=C(O)[C@@H](O)c1ccccc1.O=C1O[C@@H](c2ccccc2)CN1CC12CC3CC(CC(C3)C1)C2.O[C@H](CNCC12CC3CC(CC(C3)C1)C2)c1ccccc1. The Morgan fingerprint density at radius 1 is 0.418 bits per heavy atom. The molecule has 1 saturated heterocycles. The molecule has 11 N–H and O–H groups in total. The standard InChI is InChI=1S/C20H25NO2.C19H25NO2.C19H27NO.C11H17NO.C11H19N.C11H16O2.C8H8O3.C6H15N/c22-19-21(12-18(23-19)17-4-2-1-3-5-17)13-20-9-14-6-15(10-20)8-16(7-14)11-20;21-17(16-4-2-1-3-5-16)18(22)20-12-19-9-13-6-14(10-19)8-15(7-13)11-19;21-18(17-4-2-1-3-5-17)12-20-13-19-9-14-6-15(10-19)8-16(7-14)11-19;12-10(13)11-4-7-1-8(5-11)3-9(2-7)6-11;12-7-11-4-8-1-9(5-11)3-10(2-8)6-11;12-10(13)11-4-7-1-8(5-11)3-9(2-7)6-11;9-7(8(10)11)6-4-2-1-3-5-6;1-4-7(5-2)6-3/h1-5,14-16,18H,6-13H2;1-5,13-15,17,21H,6-12H2,(H,20,22);1-5,14-16,18,20-21H,6-13H2;7-9H,1-6H2,(H2,12,13);8-10H,1-7,12H2;7-9H,1-6H2,(H,12,13);1-5,7,9H,(H,10,11);4-6H2,1-3H3/t14?,15?,16?,18-,20?;13?,14?,15?,17-,19?;14?,15?,16?,18-,19?;;;;7-;/m101...0./s1. The first-order valence-corrected chi connectivity index (χ1v) is 49.1. The summed E-state index contributed by atoms with van der Waals surface area (Å²) in [6.07, 6.45) is 45.7. The minimum atomic E-state index is -1.41. The first-order valence-electron chi connectivity index (χ1n) is 49.1. The van der Waals surface area contributed by atoms with Crippen LogP contribution in [0.5, 0.6) is 0 Å². The number of carbonyl (C=O) groups is 5. The Morgan fingerprint density at radius 2 is 0.721 bits per heavy atom. The average Bonchev–Trinajstić information content (AvgIpc) is 0.855. The first-order chi connectivity index (χ1) is 58.8. The van der Waals surface area contributed by atoms with E-state index in [4.69, 9.17) is 26.4 Å². The highest BCUT2D eigenvalue weighted by atomic mass is 16.6. The molecule has 4 aromatic carbocycles. The van der Waals surface area contributed by atoms with Gasteiger partial charge in [-0.05, 0) is 408 Å². The van der Waals surface area contributed by atoms with Crippen LogP contribution in [0.15, 0.2) is 121 Å². The van der Waals surface area contributed by atoms with Crippen LogP contribution in [0.25, 0.3) is 0 Å². The molecule has 25 fully saturated rings. The number of ether oxygens (including phenoxy) is 1. The minimum absolute atomic E-state index is 0.00778. The number of rotatable bonds is 20. The molecule has 0 spiro atoms. The zero-order valence-electron chi connectivity index (χ0n) is 74.3. The molecule has 17 heteroatoms. The van der Waals surface area contributed by atoms with E-state index >= 15 is 0 Å². The van der Waals surface area contributed by atoms with Crippen molar-refractivity contribution in [1.82, 2.24) is 20.4 Å². The van der Waals surface area contributed by atoms with Gasteiger partial charge in [0.05, 0.1) is 18.1 Å². The highest BCUT2D eigenvalue weighted by Gasteiger charge is 2.59. The van der Waals surface area contributed by atoms with Crippen molar-refractivity contribution in [2.24, 2.45) is 150 Å². The lowest BCUT2D eigenvalue weighted by molar-refractivity contribution is -0.164. The molecule has 1 heterocycles. The molecule has 0 aromatic heterocycles. The quantitative estimate of drug-likeness (QED) is 0.0398. The summed E-state index contributed by atoms with van der Waals surface area (Å²) in [6, 6.07) is 37.6. The molecule has 17 nitrogen and oxygen atoms in total. The molecule has 24 aliphatic carbocycles. The summed E-state index contributed by atoms with van der Waals surface area (Å²) in [7, 11) is 0. The largest absolute Gasteiger partial charge is 0.481 e. The van der Waals surface area contributed by atoms with Crippen molar-refractivity contribution in [3.63, 3.8) is 0 Å². The van der Waals surface area contributed by atoms with E-state index in [1.807, 2.05) is 71.6 Å². The lowest BCUT2D eigenvalue weighted by atomic mass is 9.49. The number of nitrogens with two attached hydrogens (primary N) is 2. The molecule has 3 amide bonds. The molecule has 4 aromatic rings. The van der Waals surface area contributed by atoms with Crippen LogP contribution < -0.4 is 22.1 Å². The molecule has 24 bridgehead atoms. The lowest BCUT2D eigenvalue weighted by Crippen LogP contribution is -2.52. The van der Waals surface area contributed by atoms with Crippen LogP contribution in [0, 0.1) is 139 Å². The molecular weight excluding hydrogens is 1520 g/mol. The van der Waals surface area contributed by atoms with Gasteiger partial charge in [0.2, 0.25) is 5.91 Å². The van der Waals surface area contributed by atoms with Crippen LogP contribution in [0.3, 0.4) is 0 Å². The van der Waals surface area contributed by atoms with Crippen LogP contribution in [-0.2, 0) is 23.9 Å². The summed E-state index contributed by atoms with van der Waals surface area (Å²) in [6.45, 7) is 15.3. The van der Waals surface area contributed by atoms with Crippen molar-refractivity contribution in [3.05, 3.63) is 144 Å². The molecule has 122 heavy (non-hydrogen) atoms. The Kier molecular flexibility index (Phi) is 28.1. The van der Waals surface area contributed by atoms with Crippen molar-refractivity contribution in [1.29, 1.82) is 0 Å². The third kappa shape index (κ3) is 21.0. The molecule has 25 aliphatic rings. The number of carboxylic acids is 2. The van der Waals surface area contributed by atoms with E-state index in [-0.39, 0.29) is 40.9 Å². The topological polar surface area (TPSA) is 278 Å². The molecule has 29 rings (SSSR count). The summed E-state index contributed by atoms with van der Waals surface area (Å²) < 4.78 is 5.66. The fourth-order valence-corrected chi connectivity index (χ4v) is 32.6. The fraction of sp³-hybridized carbons (Fsp3) is 0.724. The minimum Gasteiger partial charge on any atom is -0.481 e. The predicted molar refractivity (Wildman–Crippen MR) is 478 cm³/mol. The maximum absolute atomic E-state index is 12.4. The Hall–Kier alpha value is -6.21. The van der Waals surface area contributed by atoms with Gasteiger partial charge < -0.3 is 62.2 Å². The zero-order valence-corrected chi connectivity index (χ0v) is 74.3. The molecule has 1 aliphatic heterocycles. The number of hydrogen-bond donors (Lipinski definition) is 9. The third-order valence-electron chi connectivity index (χ3n) is 35.4. The van der Waals surface area contributed by atoms with E-state index in [1.54, 1.807) is 42.5 Å². The summed E-state index contributed by atoms with van der Waals surface area (Å²) in [5, 5.41) is 53.8. The van der Waals surface area contributed by atoms with Gasteiger partial charge in [0.15, 0.2) is 12.2 Å². The molecule has 0 unspecified atom stereocenters. The summed E-state index contributed by atoms with van der Waals surface area (Å²) in [4.78, 5) is 62.0. The van der Waals surface area contributed by atoms with Crippen molar-refractivity contribution in [2.45, 2.75) is 276 Å². The second-order valence-electron chi connectivity index (χ2n) is 45.0. The van der Waals surface area contributed by atoms with E-state index in [1.165, 1.54) is 212 Å². The molecule has 0 radical (unpaired) electrons. The number of cyclic esters (lactones) is 1. The summed E-state index contributed by atoms with van der Waals surface area (Å²) in [5.41, 5.74) is 16.3. The van der Waals surface area contributed by atoms with Crippen molar-refractivity contribution in [2.75, 3.05) is 58.9 Å². The second-order valence-corrected chi connectivity index (χ2v) is 45.0. The number of nitrogens with one attached hydrogen (secondary N) is 2. The van der Waals surface area contributed by atoms with Crippen molar-refractivity contribution < 1.29 is 54.2 Å². The number of aliphatic hydroxyl groups is 3. The fourth-order valence-electron chi connectivity index (χ4n) is 32.6. The van der Waals surface area contributed by atoms with Crippen LogP contribution in [0.2, 0.25) is 0 Å². The van der Waals surface area contributed by atoms with Crippen LogP contribution >= 0.6 is 0 Å². The van der Waals surface area contributed by atoms with Gasteiger partial charge >= 0.3 is 18.0 Å². The molecular formula is C105H152N6O11. The number of carboxylic acid groups (broad SMARTS) is 2. The van der Waals surface area contributed by atoms with Gasteiger partial charge in [0.1, 0.15) is 6.10 Å². The van der Waals surface area contributed by atoms with E-state index < -0.39 is 24.1 Å². The van der Waals surface area contributed by atoms with Gasteiger partial charge in [-0.1, -0.05) is 142 Å². The summed E-state index contributed by atoms with van der Waals surface area (Å²) >= 11 is 0. The maximum atomic E-state index is 12.4. The number of nitrogens with zero attached hydrogens (tertiary/aromatic N) is 2. The Bertz CT molecular complexity index is 3840. The van der Waals surface area contributed by atoms with Crippen molar-refractivity contribution >= 4 is 29.8 Å². The second kappa shape index (κ2) is 38.4. The van der Waals surface area contributed by atoms with Gasteiger partial charge in [-0.2, -0.15) is 0 Å². The number of hydrogen-bond acceptors (Lipinski definition) is 12.